The van der Waals surface area contributed by atoms with E-state index in [4.69, 9.17) is 24.4 Å². The summed E-state index contributed by atoms with van der Waals surface area (Å²) in [7, 11) is -4.64. The zero-order valence-electron chi connectivity index (χ0n) is 10.6. The lowest BCUT2D eigenvalue weighted by Crippen LogP contribution is -1.77. The topological polar surface area (TPSA) is 107 Å². The first kappa shape index (κ1) is 19.7. The van der Waals surface area contributed by atoms with Crippen LogP contribution in [0, 0.1) is 0 Å². The van der Waals surface area contributed by atoms with Gasteiger partial charge in [0.25, 0.3) is 0 Å². The Morgan fingerprint density at radius 2 is 1.63 bits per heavy atom. The van der Waals surface area contributed by atoms with Gasteiger partial charge in [-0.2, -0.15) is 0 Å². The summed E-state index contributed by atoms with van der Waals surface area (Å²) in [4.78, 5) is 21.6. The molecule has 108 valence electrons. The lowest BCUT2D eigenvalue weighted by molar-refractivity contribution is 0.275. The molecule has 0 atom stereocenters. The minimum atomic E-state index is -4.64. The van der Waals surface area contributed by atoms with Crippen LogP contribution in [0.3, 0.4) is 0 Å². The summed E-state index contributed by atoms with van der Waals surface area (Å²) in [6.45, 7) is 8.54. The van der Waals surface area contributed by atoms with Gasteiger partial charge in [0.05, 0.1) is 12.5 Å². The molecule has 0 heterocycles. The van der Waals surface area contributed by atoms with Crippen LogP contribution in [0.25, 0.3) is 0 Å². The van der Waals surface area contributed by atoms with Gasteiger partial charge in [-0.3, -0.25) is 0 Å². The van der Waals surface area contributed by atoms with E-state index < -0.39 is 7.82 Å². The molecule has 0 radical (unpaired) electrons. The molecule has 0 spiro atoms. The normalized spacial score (nSPS) is 9.05. The van der Waals surface area contributed by atoms with Crippen molar-refractivity contribution < 1.29 is 29.1 Å². The Kier molecular flexibility index (Phi) is 11.9. The van der Waals surface area contributed by atoms with Gasteiger partial charge >= 0.3 is 7.82 Å². The zero-order valence-corrected chi connectivity index (χ0v) is 11.5. The van der Waals surface area contributed by atoms with Crippen LogP contribution < -0.4 is 0 Å². The van der Waals surface area contributed by atoms with E-state index in [1.807, 2.05) is 25.1 Å². The van der Waals surface area contributed by atoms with Crippen molar-refractivity contribution in [2.45, 2.75) is 13.3 Å². The average Bonchev–Trinajstić information content (AvgIpc) is 2.29. The summed E-state index contributed by atoms with van der Waals surface area (Å²) in [5, 5.41) is 9.11. The van der Waals surface area contributed by atoms with E-state index in [-0.39, 0.29) is 0 Å². The summed E-state index contributed by atoms with van der Waals surface area (Å²) >= 11 is 0. The van der Waals surface area contributed by atoms with Crippen molar-refractivity contribution >= 4 is 7.82 Å². The Morgan fingerprint density at radius 1 is 1.21 bits per heavy atom. The van der Waals surface area contributed by atoms with Crippen molar-refractivity contribution in [3.8, 4) is 5.75 Å². The molecule has 4 N–H and O–H groups in total. The van der Waals surface area contributed by atoms with Crippen molar-refractivity contribution in [1.82, 2.24) is 0 Å². The molecule has 6 nitrogen and oxygen atoms in total. The first-order chi connectivity index (χ1) is 8.76. The molecule has 0 aliphatic carbocycles. The predicted molar refractivity (Wildman–Crippen MR) is 73.2 cm³/mol. The van der Waals surface area contributed by atoms with Crippen LogP contribution in [-0.2, 0) is 15.7 Å². The molecular formula is C12H19O6P. The van der Waals surface area contributed by atoms with E-state index >= 15 is 0 Å². The smallest absolute Gasteiger partial charge is 0.466 e. The van der Waals surface area contributed by atoms with Gasteiger partial charge in [0, 0.05) is 0 Å². The zero-order chi connectivity index (χ0) is 15.3. The molecule has 0 aliphatic heterocycles. The summed E-state index contributed by atoms with van der Waals surface area (Å²) < 4.78 is 13.2. The fourth-order valence-electron chi connectivity index (χ4n) is 0.878. The van der Waals surface area contributed by atoms with Gasteiger partial charge in [0.1, 0.15) is 5.75 Å². The van der Waals surface area contributed by atoms with Gasteiger partial charge in [-0.1, -0.05) is 38.3 Å². The van der Waals surface area contributed by atoms with Crippen LogP contribution >= 0.6 is 7.82 Å². The third-order valence-electron chi connectivity index (χ3n) is 1.56. The monoisotopic (exact) mass is 290 g/mol. The Hall–Kier alpha value is -1.59. The summed E-state index contributed by atoms with van der Waals surface area (Å²) in [6.07, 6.45) is 3.52. The molecule has 1 aromatic rings. The predicted octanol–water partition coefficient (Wildman–Crippen LogP) is 2.32. The van der Waals surface area contributed by atoms with Crippen LogP contribution in [0.2, 0.25) is 0 Å². The third kappa shape index (κ3) is 18.9. The standard InChI is InChI=1S/C8H10O.C4H6O.H3O4P/c1-2-7-5-3-4-6-8(7)9;1-3-5-4-2;1-5(2,3)4/h3-6,9H,2H2,1H3;3-4H,1-2H2;(H3,1,2,3,4). The molecule has 0 aliphatic rings. The minimum Gasteiger partial charge on any atom is -0.508 e. The van der Waals surface area contributed by atoms with Gasteiger partial charge in [0.15, 0.2) is 0 Å². The van der Waals surface area contributed by atoms with Gasteiger partial charge in [-0.25, -0.2) is 4.57 Å². The first-order valence-electron chi connectivity index (χ1n) is 5.18. The number of phenolic OH excluding ortho intramolecular Hbond substituents is 1. The summed E-state index contributed by atoms with van der Waals surface area (Å²) in [5.74, 6) is 0.403. The minimum absolute atomic E-state index is 0.403. The summed E-state index contributed by atoms with van der Waals surface area (Å²) in [5.41, 5.74) is 1.01. The number of phenols is 1. The highest BCUT2D eigenvalue weighted by atomic mass is 31.2. The second-order valence-electron chi connectivity index (χ2n) is 2.96. The van der Waals surface area contributed by atoms with Gasteiger partial charge in [-0.15, -0.1) is 0 Å². The molecule has 1 aromatic carbocycles. The van der Waals surface area contributed by atoms with Crippen LogP contribution in [0.4, 0.5) is 0 Å². The Labute approximate surface area is 112 Å². The number of benzene rings is 1. The largest absolute Gasteiger partial charge is 0.508 e. The number of aromatic hydroxyl groups is 1. The number of para-hydroxylation sites is 1. The van der Waals surface area contributed by atoms with Gasteiger partial charge in [0.2, 0.25) is 0 Å². The van der Waals surface area contributed by atoms with E-state index in [1.54, 1.807) is 6.07 Å². The molecule has 0 amide bonds. The van der Waals surface area contributed by atoms with Crippen LogP contribution in [0.5, 0.6) is 5.75 Å². The van der Waals surface area contributed by atoms with E-state index in [0.29, 0.717) is 5.75 Å². The van der Waals surface area contributed by atoms with Crippen molar-refractivity contribution in [2.24, 2.45) is 0 Å². The lowest BCUT2D eigenvalue weighted by atomic mass is 10.1. The molecule has 19 heavy (non-hydrogen) atoms. The maximum Gasteiger partial charge on any atom is 0.466 e. The van der Waals surface area contributed by atoms with Crippen molar-refractivity contribution in [2.75, 3.05) is 0 Å². The summed E-state index contributed by atoms with van der Waals surface area (Å²) in [6, 6.07) is 7.39. The highest BCUT2D eigenvalue weighted by molar-refractivity contribution is 7.45. The molecule has 0 saturated carbocycles. The fraction of sp³-hybridized carbons (Fsp3) is 0.167. The van der Waals surface area contributed by atoms with Crippen molar-refractivity contribution in [3.63, 3.8) is 0 Å². The molecule has 1 rings (SSSR count). The Morgan fingerprint density at radius 3 is 1.84 bits per heavy atom. The molecule has 0 fully saturated rings. The van der Waals surface area contributed by atoms with Crippen molar-refractivity contribution in [3.05, 3.63) is 55.5 Å². The second kappa shape index (κ2) is 11.5. The second-order valence-corrected chi connectivity index (χ2v) is 3.99. The number of hydrogen-bond donors (Lipinski definition) is 4. The van der Waals surface area contributed by atoms with E-state index in [0.717, 1.165) is 12.0 Å². The number of aryl methyl sites for hydroxylation is 1. The van der Waals surface area contributed by atoms with E-state index in [1.165, 1.54) is 12.5 Å². The van der Waals surface area contributed by atoms with E-state index in [2.05, 4.69) is 17.9 Å². The number of hydrogen-bond acceptors (Lipinski definition) is 3. The number of rotatable bonds is 3. The molecule has 7 heteroatoms. The molecule has 0 bridgehead atoms. The van der Waals surface area contributed by atoms with E-state index in [9.17, 15) is 0 Å². The van der Waals surface area contributed by atoms with Crippen molar-refractivity contribution in [1.29, 1.82) is 0 Å². The highest BCUT2D eigenvalue weighted by Crippen LogP contribution is 2.25. The lowest BCUT2D eigenvalue weighted by Gasteiger charge is -1.97. The first-order valence-corrected chi connectivity index (χ1v) is 6.75. The average molecular weight is 290 g/mol. The van der Waals surface area contributed by atoms with Crippen LogP contribution in [0.15, 0.2) is 49.9 Å². The Bertz CT molecular complexity index is 398. The molecular weight excluding hydrogens is 271 g/mol. The van der Waals surface area contributed by atoms with Crippen LogP contribution in [-0.4, -0.2) is 19.8 Å². The molecule has 0 unspecified atom stereocenters. The fourth-order valence-corrected chi connectivity index (χ4v) is 0.878. The number of ether oxygens (including phenoxy) is 1. The highest BCUT2D eigenvalue weighted by Gasteiger charge is 2.00. The Balaban J connectivity index is 0. The third-order valence-corrected chi connectivity index (χ3v) is 1.56. The molecule has 0 saturated heterocycles. The quantitative estimate of drug-likeness (QED) is 0.502. The maximum absolute atomic E-state index is 9.11. The molecule has 0 aromatic heterocycles. The number of phosphoric acid groups is 1. The van der Waals surface area contributed by atoms with Gasteiger partial charge < -0.3 is 24.5 Å². The van der Waals surface area contributed by atoms with Gasteiger partial charge in [-0.05, 0) is 18.1 Å². The maximum atomic E-state index is 9.11. The van der Waals surface area contributed by atoms with Crippen LogP contribution in [0.1, 0.15) is 12.5 Å². The SMILES string of the molecule is C=COC=C.CCc1ccccc1O.O=P(O)(O)O.